The Hall–Kier alpha value is -1.91. The third-order valence-corrected chi connectivity index (χ3v) is 2.92. The lowest BCUT2D eigenvalue weighted by Gasteiger charge is -2.12. The molecule has 0 atom stereocenters. The monoisotopic (exact) mass is 246 g/mol. The van der Waals surface area contributed by atoms with E-state index in [2.05, 4.69) is 22.8 Å². The molecule has 5 nitrogen and oxygen atoms in total. The summed E-state index contributed by atoms with van der Waals surface area (Å²) >= 11 is 0. The Balaban J connectivity index is 1.81. The lowest BCUT2D eigenvalue weighted by molar-refractivity contribution is 0.0679. The van der Waals surface area contributed by atoms with E-state index >= 15 is 0 Å². The Morgan fingerprint density at radius 3 is 2.94 bits per heavy atom. The minimum atomic E-state index is -0.0434. The van der Waals surface area contributed by atoms with Gasteiger partial charge in [0.2, 0.25) is 0 Å². The number of hydrazine groups is 1. The molecule has 2 rings (SSSR count). The van der Waals surface area contributed by atoms with Crippen molar-refractivity contribution < 1.29 is 4.79 Å². The van der Waals surface area contributed by atoms with E-state index in [1.807, 2.05) is 24.3 Å². The fraction of sp³-hybridized carbons (Fsp3) is 0.462. The van der Waals surface area contributed by atoms with Gasteiger partial charge in [0.05, 0.1) is 13.1 Å². The fourth-order valence-corrected chi connectivity index (χ4v) is 1.90. The molecule has 0 saturated carbocycles. The molecule has 1 amide bonds. The van der Waals surface area contributed by atoms with Crippen LogP contribution < -0.4 is 5.53 Å². The molecule has 0 fully saturated rings. The van der Waals surface area contributed by atoms with Crippen molar-refractivity contribution >= 4 is 5.91 Å². The van der Waals surface area contributed by atoms with E-state index in [9.17, 15) is 4.79 Å². The summed E-state index contributed by atoms with van der Waals surface area (Å²) in [5.41, 5.74) is 4.46. The molecule has 0 bridgehead atoms. The highest BCUT2D eigenvalue weighted by Crippen LogP contribution is 2.20. The first-order valence-electron chi connectivity index (χ1n) is 6.35. The van der Waals surface area contributed by atoms with Crippen LogP contribution in [0.2, 0.25) is 0 Å². The molecule has 1 heterocycles. The average molecular weight is 246 g/mol. The second kappa shape index (κ2) is 6.14. The van der Waals surface area contributed by atoms with Gasteiger partial charge in [0, 0.05) is 5.56 Å². The zero-order valence-electron chi connectivity index (χ0n) is 10.6. The quantitative estimate of drug-likeness (QED) is 0.476. The van der Waals surface area contributed by atoms with Crippen LogP contribution in [0.3, 0.4) is 0 Å². The zero-order chi connectivity index (χ0) is 12.8. The van der Waals surface area contributed by atoms with E-state index in [-0.39, 0.29) is 5.91 Å². The summed E-state index contributed by atoms with van der Waals surface area (Å²) in [6.07, 6.45) is 3.37. The van der Waals surface area contributed by atoms with Crippen molar-refractivity contribution in [1.82, 2.24) is 10.5 Å². The Morgan fingerprint density at radius 1 is 1.33 bits per heavy atom. The van der Waals surface area contributed by atoms with Gasteiger partial charge in [0.1, 0.15) is 0 Å². The van der Waals surface area contributed by atoms with Crippen LogP contribution in [0.5, 0.6) is 0 Å². The molecule has 0 unspecified atom stereocenters. The number of unbranched alkanes of at least 4 members (excludes halogenated alkanes) is 2. The summed E-state index contributed by atoms with van der Waals surface area (Å²) < 4.78 is 0. The minimum absolute atomic E-state index is 0.0434. The number of nitrogens with zero attached hydrogens (tertiary/aromatic N) is 3. The first-order valence-corrected chi connectivity index (χ1v) is 6.35. The van der Waals surface area contributed by atoms with Crippen molar-refractivity contribution in [3.63, 3.8) is 0 Å². The highest BCUT2D eigenvalue weighted by Gasteiger charge is 2.26. The Morgan fingerprint density at radius 2 is 2.17 bits per heavy atom. The van der Waals surface area contributed by atoms with Crippen molar-refractivity contribution in [1.29, 1.82) is 0 Å². The first-order chi connectivity index (χ1) is 8.83. The number of amides is 1. The second-order valence-corrected chi connectivity index (χ2v) is 4.32. The van der Waals surface area contributed by atoms with Crippen LogP contribution in [-0.2, 0) is 6.54 Å². The molecule has 0 aromatic heterocycles. The van der Waals surface area contributed by atoms with Crippen molar-refractivity contribution in [3.05, 3.63) is 35.4 Å². The molecule has 1 N–H and O–H groups in total. The molecular weight excluding hydrogens is 228 g/mol. The normalized spacial score (nSPS) is 14.3. The van der Waals surface area contributed by atoms with Crippen molar-refractivity contribution in [2.75, 3.05) is 6.54 Å². The fourth-order valence-electron chi connectivity index (χ4n) is 1.90. The van der Waals surface area contributed by atoms with Crippen LogP contribution in [0.4, 0.5) is 0 Å². The maximum absolute atomic E-state index is 11.9. The van der Waals surface area contributed by atoms with Gasteiger partial charge in [0.25, 0.3) is 5.91 Å². The summed E-state index contributed by atoms with van der Waals surface area (Å²) in [5.74, 6) is -0.0434. The predicted molar refractivity (Wildman–Crippen MR) is 68.7 cm³/mol. The van der Waals surface area contributed by atoms with Crippen LogP contribution in [0.15, 0.2) is 34.6 Å². The maximum Gasteiger partial charge on any atom is 0.274 e. The van der Waals surface area contributed by atoms with Crippen molar-refractivity contribution in [3.8, 4) is 0 Å². The number of nitrogens with one attached hydrogen (secondary N) is 1. The van der Waals surface area contributed by atoms with Gasteiger partial charge in [0.15, 0.2) is 0 Å². The molecule has 1 aromatic carbocycles. The highest BCUT2D eigenvalue weighted by molar-refractivity contribution is 5.97. The van der Waals surface area contributed by atoms with Crippen LogP contribution >= 0.6 is 0 Å². The summed E-state index contributed by atoms with van der Waals surface area (Å²) in [5, 5.41) is 9.31. The van der Waals surface area contributed by atoms with Gasteiger partial charge < -0.3 is 0 Å². The molecule has 0 spiro atoms. The molecule has 0 radical (unpaired) electrons. The molecule has 5 heteroatoms. The summed E-state index contributed by atoms with van der Waals surface area (Å²) in [7, 11) is 0. The van der Waals surface area contributed by atoms with E-state index in [4.69, 9.17) is 0 Å². The molecular formula is C13H18N4O. The molecule has 0 aliphatic carbocycles. The molecule has 96 valence electrons. The number of rotatable bonds is 6. The van der Waals surface area contributed by atoms with E-state index < -0.39 is 0 Å². The standard InChI is InChI=1S/C13H18N4O/c1-2-3-6-9-14-15-16-17-10-11-7-4-5-8-12(11)13(17)18/h4-5,7-8H,2-3,6,9-10H2,1H3,(H,14,16). The van der Waals surface area contributed by atoms with Gasteiger partial charge in [-0.05, 0) is 18.1 Å². The molecule has 18 heavy (non-hydrogen) atoms. The SMILES string of the molecule is CCCCCN=NNN1Cc2ccccc2C1=O. The van der Waals surface area contributed by atoms with Gasteiger partial charge in [-0.15, -0.1) is 0 Å². The number of carbonyl (C=O) groups excluding carboxylic acids is 1. The first kappa shape index (κ1) is 12.5. The van der Waals surface area contributed by atoms with Gasteiger partial charge in [-0.2, -0.15) is 10.6 Å². The molecule has 1 aromatic rings. The van der Waals surface area contributed by atoms with Crippen LogP contribution in [-0.4, -0.2) is 17.5 Å². The molecule has 0 saturated heterocycles. The van der Waals surface area contributed by atoms with Crippen LogP contribution in [0, 0.1) is 0 Å². The number of hydrogen-bond donors (Lipinski definition) is 1. The summed E-state index contributed by atoms with van der Waals surface area (Å²) in [6.45, 7) is 3.40. The number of hydrogen-bond acceptors (Lipinski definition) is 3. The molecule has 1 aliphatic heterocycles. The van der Waals surface area contributed by atoms with E-state index in [0.717, 1.165) is 24.0 Å². The van der Waals surface area contributed by atoms with E-state index in [0.29, 0.717) is 13.1 Å². The largest absolute Gasteiger partial charge is 0.274 e. The Bertz CT molecular complexity index is 444. The number of fused-ring (bicyclic) bond motifs is 1. The maximum atomic E-state index is 11.9. The third-order valence-electron chi connectivity index (χ3n) is 2.92. The van der Waals surface area contributed by atoms with Crippen molar-refractivity contribution in [2.45, 2.75) is 32.7 Å². The Kier molecular flexibility index (Phi) is 4.28. The predicted octanol–water partition coefficient (Wildman–Crippen LogP) is 2.70. The highest BCUT2D eigenvalue weighted by atomic mass is 16.2. The van der Waals surface area contributed by atoms with E-state index in [1.54, 1.807) is 0 Å². The van der Waals surface area contributed by atoms with Gasteiger partial charge in [-0.25, -0.2) is 5.01 Å². The molecule has 1 aliphatic rings. The lowest BCUT2D eigenvalue weighted by atomic mass is 10.1. The third kappa shape index (κ3) is 2.85. The van der Waals surface area contributed by atoms with Crippen molar-refractivity contribution in [2.24, 2.45) is 10.3 Å². The van der Waals surface area contributed by atoms with Crippen LogP contribution in [0.25, 0.3) is 0 Å². The van der Waals surface area contributed by atoms with Crippen LogP contribution in [0.1, 0.15) is 42.1 Å². The summed E-state index contributed by atoms with van der Waals surface area (Å²) in [4.78, 5) is 11.9. The van der Waals surface area contributed by atoms with E-state index in [1.165, 1.54) is 11.4 Å². The lowest BCUT2D eigenvalue weighted by Crippen LogP contribution is -2.34. The average Bonchev–Trinajstić information content (AvgIpc) is 2.71. The minimum Gasteiger partial charge on any atom is -0.267 e. The number of benzene rings is 1. The zero-order valence-corrected chi connectivity index (χ0v) is 10.6. The second-order valence-electron chi connectivity index (χ2n) is 4.32. The van der Waals surface area contributed by atoms with Gasteiger partial charge in [-0.3, -0.25) is 4.79 Å². The van der Waals surface area contributed by atoms with Gasteiger partial charge in [-0.1, -0.05) is 43.2 Å². The summed E-state index contributed by atoms with van der Waals surface area (Å²) in [6, 6.07) is 7.58. The number of carbonyl (C=O) groups is 1. The Labute approximate surface area is 107 Å². The van der Waals surface area contributed by atoms with Gasteiger partial charge >= 0.3 is 0 Å². The topological polar surface area (TPSA) is 57.1 Å². The smallest absolute Gasteiger partial charge is 0.267 e.